The Labute approximate surface area is 171 Å². The fourth-order valence-electron chi connectivity index (χ4n) is 4.01. The van der Waals surface area contributed by atoms with Crippen molar-refractivity contribution >= 4 is 28.3 Å². The molecule has 2 aliphatic rings. The molecule has 2 fully saturated rings. The van der Waals surface area contributed by atoms with Crippen molar-refractivity contribution in [2.75, 3.05) is 57.4 Å². The molecule has 2 N–H and O–H groups in total. The Morgan fingerprint density at radius 3 is 2.89 bits per heavy atom. The van der Waals surface area contributed by atoms with Gasteiger partial charge < -0.3 is 20.1 Å². The zero-order chi connectivity index (χ0) is 19.3. The Bertz CT molecular complexity index is 797. The molecule has 1 aromatic heterocycles. The molecule has 2 aromatic rings. The second-order valence-corrected chi connectivity index (χ2v) is 8.12. The summed E-state index contributed by atoms with van der Waals surface area (Å²) in [5, 5.41) is 15.5. The van der Waals surface area contributed by atoms with Gasteiger partial charge in [0.2, 0.25) is 0 Å². The lowest BCUT2D eigenvalue weighted by atomic mass is 10.1. The maximum absolute atomic E-state index is 10.1. The Hall–Kier alpha value is -1.44. The minimum Gasteiger partial charge on any atom is -0.391 e. The van der Waals surface area contributed by atoms with Crippen LogP contribution in [-0.2, 0) is 11.3 Å². The van der Waals surface area contributed by atoms with Crippen molar-refractivity contribution in [3.63, 3.8) is 0 Å². The lowest BCUT2D eigenvalue weighted by Gasteiger charge is -2.32. The van der Waals surface area contributed by atoms with E-state index in [0.29, 0.717) is 11.6 Å². The van der Waals surface area contributed by atoms with E-state index in [1.54, 1.807) is 0 Å². The number of piperidine rings is 1. The first-order valence-electron chi connectivity index (χ1n) is 10.2. The van der Waals surface area contributed by atoms with Crippen LogP contribution in [-0.4, -0.2) is 73.6 Å². The lowest BCUT2D eigenvalue weighted by Crippen LogP contribution is -2.41. The standard InChI is InChI=1S/C21H29ClN4O2/c22-18-4-3-16-12-17(14-23-5-7-25-8-10-28-11-9-25)21(24-20(16)13-18)26-6-1-2-19(27)15-26/h3-4,12-13,19,23,27H,1-2,5-11,14-15H2. The number of nitrogens with zero attached hydrogens (tertiary/aromatic N) is 3. The van der Waals surface area contributed by atoms with Gasteiger partial charge in [-0.1, -0.05) is 17.7 Å². The Balaban J connectivity index is 1.49. The van der Waals surface area contributed by atoms with E-state index >= 15 is 0 Å². The molecule has 0 radical (unpaired) electrons. The second kappa shape index (κ2) is 9.37. The number of β-amino-alcohol motifs (C(OH)–C–C–N with tert-alkyl or cyclic N) is 1. The number of benzene rings is 1. The molecule has 7 heteroatoms. The van der Waals surface area contributed by atoms with Gasteiger partial charge in [-0.2, -0.15) is 0 Å². The Morgan fingerprint density at radius 1 is 1.21 bits per heavy atom. The highest BCUT2D eigenvalue weighted by molar-refractivity contribution is 6.31. The molecule has 1 aromatic carbocycles. The predicted molar refractivity (Wildman–Crippen MR) is 113 cm³/mol. The average Bonchev–Trinajstić information content (AvgIpc) is 2.71. The van der Waals surface area contributed by atoms with Crippen LogP contribution in [0.15, 0.2) is 24.3 Å². The van der Waals surface area contributed by atoms with E-state index in [4.69, 9.17) is 21.3 Å². The van der Waals surface area contributed by atoms with Crippen LogP contribution in [0.25, 0.3) is 10.9 Å². The quantitative estimate of drug-likeness (QED) is 0.720. The fraction of sp³-hybridized carbons (Fsp3) is 0.571. The SMILES string of the molecule is OC1CCCN(c2nc3cc(Cl)ccc3cc2CNCCN2CCOCC2)C1. The molecule has 2 aliphatic heterocycles. The van der Waals surface area contributed by atoms with E-state index in [1.807, 2.05) is 18.2 Å². The molecule has 0 saturated carbocycles. The average molecular weight is 405 g/mol. The number of fused-ring (bicyclic) bond motifs is 1. The first kappa shape index (κ1) is 19.9. The van der Waals surface area contributed by atoms with Crippen molar-refractivity contribution < 1.29 is 9.84 Å². The van der Waals surface area contributed by atoms with Gasteiger partial charge >= 0.3 is 0 Å². The first-order chi connectivity index (χ1) is 13.7. The molecule has 4 rings (SSSR count). The van der Waals surface area contributed by atoms with Gasteiger partial charge in [0.25, 0.3) is 0 Å². The van der Waals surface area contributed by atoms with E-state index in [2.05, 4.69) is 21.2 Å². The van der Waals surface area contributed by atoms with Gasteiger partial charge in [-0.15, -0.1) is 0 Å². The van der Waals surface area contributed by atoms with Gasteiger partial charge in [0.1, 0.15) is 5.82 Å². The van der Waals surface area contributed by atoms with Gasteiger partial charge in [-0.05, 0) is 31.0 Å². The molecule has 0 spiro atoms. The number of nitrogens with one attached hydrogen (secondary N) is 1. The molecule has 28 heavy (non-hydrogen) atoms. The largest absolute Gasteiger partial charge is 0.391 e. The van der Waals surface area contributed by atoms with E-state index in [0.717, 1.165) is 82.0 Å². The summed E-state index contributed by atoms with van der Waals surface area (Å²) >= 11 is 6.18. The monoisotopic (exact) mass is 404 g/mol. The summed E-state index contributed by atoms with van der Waals surface area (Å²) < 4.78 is 5.41. The molecule has 0 bridgehead atoms. The summed E-state index contributed by atoms with van der Waals surface area (Å²) in [7, 11) is 0. The summed E-state index contributed by atoms with van der Waals surface area (Å²) in [5.41, 5.74) is 2.07. The molecule has 152 valence electrons. The highest BCUT2D eigenvalue weighted by Gasteiger charge is 2.22. The minimum absolute atomic E-state index is 0.285. The van der Waals surface area contributed by atoms with Crippen LogP contribution in [0, 0.1) is 0 Å². The first-order valence-corrected chi connectivity index (χ1v) is 10.6. The second-order valence-electron chi connectivity index (χ2n) is 7.68. The highest BCUT2D eigenvalue weighted by Crippen LogP contribution is 2.27. The molecule has 0 amide bonds. The molecule has 1 atom stereocenters. The number of rotatable bonds is 6. The van der Waals surface area contributed by atoms with Crippen molar-refractivity contribution in [2.24, 2.45) is 0 Å². The van der Waals surface area contributed by atoms with Crippen molar-refractivity contribution in [1.82, 2.24) is 15.2 Å². The van der Waals surface area contributed by atoms with Crippen molar-refractivity contribution in [3.8, 4) is 0 Å². The van der Waals surface area contributed by atoms with Crippen LogP contribution in [0.2, 0.25) is 5.02 Å². The van der Waals surface area contributed by atoms with Crippen molar-refractivity contribution in [2.45, 2.75) is 25.5 Å². The van der Waals surface area contributed by atoms with E-state index < -0.39 is 0 Å². The van der Waals surface area contributed by atoms with Crippen LogP contribution in [0.1, 0.15) is 18.4 Å². The number of ether oxygens (including phenoxy) is 1. The van der Waals surface area contributed by atoms with Crippen LogP contribution < -0.4 is 10.2 Å². The van der Waals surface area contributed by atoms with Gasteiger partial charge in [-0.3, -0.25) is 4.90 Å². The smallest absolute Gasteiger partial charge is 0.133 e. The van der Waals surface area contributed by atoms with Gasteiger partial charge in [-0.25, -0.2) is 4.98 Å². The molecule has 0 aliphatic carbocycles. The third-order valence-corrected chi connectivity index (χ3v) is 5.79. The topological polar surface area (TPSA) is 60.9 Å². The van der Waals surface area contributed by atoms with E-state index in [-0.39, 0.29) is 6.10 Å². The maximum atomic E-state index is 10.1. The minimum atomic E-state index is -0.285. The van der Waals surface area contributed by atoms with E-state index in [1.165, 1.54) is 5.56 Å². The third-order valence-electron chi connectivity index (χ3n) is 5.56. The lowest BCUT2D eigenvalue weighted by molar-refractivity contribution is 0.0384. The number of aliphatic hydroxyl groups is 1. The van der Waals surface area contributed by atoms with Crippen molar-refractivity contribution in [3.05, 3.63) is 34.9 Å². The van der Waals surface area contributed by atoms with Crippen molar-refractivity contribution in [1.29, 1.82) is 0 Å². The number of hydrogen-bond donors (Lipinski definition) is 2. The normalized spacial score (nSPS) is 21.4. The summed E-state index contributed by atoms with van der Waals surface area (Å²) in [5.74, 6) is 0.965. The van der Waals surface area contributed by atoms with Gasteiger partial charge in [0, 0.05) is 61.8 Å². The number of hydrogen-bond acceptors (Lipinski definition) is 6. The molecule has 6 nitrogen and oxygen atoms in total. The number of anilines is 1. The summed E-state index contributed by atoms with van der Waals surface area (Å²) in [6, 6.07) is 8.05. The number of aliphatic hydroxyl groups excluding tert-OH is 1. The van der Waals surface area contributed by atoms with Crippen LogP contribution >= 0.6 is 11.6 Å². The maximum Gasteiger partial charge on any atom is 0.133 e. The zero-order valence-electron chi connectivity index (χ0n) is 16.2. The van der Waals surface area contributed by atoms with Crippen LogP contribution in [0.4, 0.5) is 5.82 Å². The molecular weight excluding hydrogens is 376 g/mol. The summed E-state index contributed by atoms with van der Waals surface area (Å²) in [6.07, 6.45) is 1.57. The number of morpholine rings is 1. The molecule has 2 saturated heterocycles. The summed E-state index contributed by atoms with van der Waals surface area (Å²) in [6.45, 7) is 7.97. The van der Waals surface area contributed by atoms with E-state index in [9.17, 15) is 5.11 Å². The number of pyridine rings is 1. The highest BCUT2D eigenvalue weighted by atomic mass is 35.5. The van der Waals surface area contributed by atoms with Gasteiger partial charge in [0.15, 0.2) is 0 Å². The van der Waals surface area contributed by atoms with Gasteiger partial charge in [0.05, 0.1) is 24.8 Å². The Morgan fingerprint density at radius 2 is 2.07 bits per heavy atom. The number of aromatic nitrogens is 1. The molecular formula is C21H29ClN4O2. The zero-order valence-corrected chi connectivity index (χ0v) is 17.0. The third kappa shape index (κ3) is 4.93. The Kier molecular flexibility index (Phi) is 6.65. The van der Waals surface area contributed by atoms with Crippen LogP contribution in [0.3, 0.4) is 0 Å². The van der Waals surface area contributed by atoms with Crippen LogP contribution in [0.5, 0.6) is 0 Å². The summed E-state index contributed by atoms with van der Waals surface area (Å²) in [4.78, 5) is 9.57. The fourth-order valence-corrected chi connectivity index (χ4v) is 4.18. The molecule has 3 heterocycles. The predicted octanol–water partition coefficient (Wildman–Crippen LogP) is 2.27. The molecule has 1 unspecified atom stereocenters. The number of halogens is 1.